The zero-order valence-electron chi connectivity index (χ0n) is 23.1. The van der Waals surface area contributed by atoms with Gasteiger partial charge in [-0.1, -0.05) is 48.5 Å². The lowest BCUT2D eigenvalue weighted by Gasteiger charge is -2.13. The molecule has 0 saturated carbocycles. The molecule has 4 aromatic rings. The van der Waals surface area contributed by atoms with Crippen molar-refractivity contribution in [1.29, 1.82) is 0 Å². The maximum absolute atomic E-state index is 13.0. The van der Waals surface area contributed by atoms with Gasteiger partial charge in [-0.25, -0.2) is 0 Å². The first kappa shape index (κ1) is 29.8. The van der Waals surface area contributed by atoms with Crippen molar-refractivity contribution < 1.29 is 33.6 Å². The molecule has 0 aliphatic carbocycles. The molecule has 5 rings (SSSR count). The molecule has 0 aromatic heterocycles. The van der Waals surface area contributed by atoms with Crippen LogP contribution < -0.4 is 20.1 Å². The Morgan fingerprint density at radius 1 is 0.932 bits per heavy atom. The number of rotatable bonds is 10. The van der Waals surface area contributed by atoms with Crippen LogP contribution in [0.4, 0.5) is 21.9 Å². The first-order chi connectivity index (χ1) is 21.2. The van der Waals surface area contributed by atoms with Crippen LogP contribution in [-0.4, -0.2) is 53.0 Å². The van der Waals surface area contributed by atoms with E-state index in [1.54, 1.807) is 24.3 Å². The number of amides is 4. The van der Waals surface area contributed by atoms with Gasteiger partial charge in [0.25, 0.3) is 22.7 Å². The van der Waals surface area contributed by atoms with E-state index in [2.05, 4.69) is 10.6 Å². The Hall–Kier alpha value is -5.69. The van der Waals surface area contributed by atoms with Gasteiger partial charge in [-0.3, -0.25) is 34.2 Å². The quantitative estimate of drug-likeness (QED) is 0.135. The summed E-state index contributed by atoms with van der Waals surface area (Å²) in [6.45, 7) is -0.849. The van der Waals surface area contributed by atoms with Crippen molar-refractivity contribution in [3.8, 4) is 11.5 Å². The van der Waals surface area contributed by atoms with Crippen LogP contribution in [0.1, 0.15) is 5.56 Å². The monoisotopic (exact) mass is 612 g/mol. The Bertz CT molecular complexity index is 1840. The molecule has 13 heteroatoms. The lowest BCUT2D eigenvalue weighted by molar-refractivity contribution is -0.384. The number of methoxy groups -OCH3 is 1. The molecule has 222 valence electrons. The van der Waals surface area contributed by atoms with Gasteiger partial charge in [0, 0.05) is 28.9 Å². The van der Waals surface area contributed by atoms with Crippen molar-refractivity contribution in [2.45, 2.75) is 0 Å². The van der Waals surface area contributed by atoms with Gasteiger partial charge in [0.15, 0.2) is 18.1 Å². The third-order valence-corrected chi connectivity index (χ3v) is 7.33. The summed E-state index contributed by atoms with van der Waals surface area (Å²) in [5, 5.41) is 17.5. The number of nitrogens with zero attached hydrogens (tertiary/aromatic N) is 2. The average molecular weight is 613 g/mol. The maximum Gasteiger partial charge on any atom is 0.294 e. The molecule has 1 aliphatic heterocycles. The number of carbonyl (C=O) groups excluding carboxylic acids is 4. The number of non-ortho nitro benzene ring substituents is 1. The van der Waals surface area contributed by atoms with Gasteiger partial charge < -0.3 is 20.1 Å². The lowest BCUT2D eigenvalue weighted by atomic mass is 10.1. The van der Waals surface area contributed by atoms with Gasteiger partial charge >= 0.3 is 0 Å². The number of ether oxygens (including phenoxy) is 2. The van der Waals surface area contributed by atoms with Crippen LogP contribution in [0.5, 0.6) is 11.5 Å². The normalized spacial score (nSPS) is 13.7. The third-order valence-electron chi connectivity index (χ3n) is 6.42. The number of thioether (sulfide) groups is 1. The van der Waals surface area contributed by atoms with E-state index in [1.807, 2.05) is 30.3 Å². The van der Waals surface area contributed by atoms with E-state index in [1.165, 1.54) is 43.5 Å². The van der Waals surface area contributed by atoms with Crippen LogP contribution in [0.2, 0.25) is 0 Å². The first-order valence-electron chi connectivity index (χ1n) is 13.1. The van der Waals surface area contributed by atoms with E-state index in [9.17, 15) is 29.3 Å². The van der Waals surface area contributed by atoms with Gasteiger partial charge in [0.2, 0.25) is 5.91 Å². The number of imide groups is 1. The van der Waals surface area contributed by atoms with Gasteiger partial charge in [-0.15, -0.1) is 0 Å². The number of hydrogen-bond donors (Lipinski definition) is 2. The highest BCUT2D eigenvalue weighted by Gasteiger charge is 2.36. The number of anilines is 2. The molecule has 1 fully saturated rings. The fourth-order valence-electron chi connectivity index (χ4n) is 4.39. The summed E-state index contributed by atoms with van der Waals surface area (Å²) in [6.07, 6.45) is 1.49. The molecular weight excluding hydrogens is 588 g/mol. The predicted octanol–water partition coefficient (Wildman–Crippen LogP) is 5.45. The molecule has 0 bridgehead atoms. The first-order valence-corrected chi connectivity index (χ1v) is 13.9. The summed E-state index contributed by atoms with van der Waals surface area (Å²) < 4.78 is 10.9. The zero-order chi connectivity index (χ0) is 31.2. The highest BCUT2D eigenvalue weighted by atomic mass is 32.2. The summed E-state index contributed by atoms with van der Waals surface area (Å²) in [6, 6.07) is 23.2. The van der Waals surface area contributed by atoms with Crippen molar-refractivity contribution in [3.05, 3.63) is 106 Å². The van der Waals surface area contributed by atoms with Crippen molar-refractivity contribution in [2.75, 3.05) is 30.9 Å². The zero-order valence-corrected chi connectivity index (χ0v) is 24.0. The molecule has 1 saturated heterocycles. The lowest BCUT2D eigenvalue weighted by Crippen LogP contribution is -2.36. The number of nitro benzene ring substituents is 1. The number of fused-ring (bicyclic) bond motifs is 1. The van der Waals surface area contributed by atoms with Gasteiger partial charge in [-0.05, 0) is 53.1 Å². The molecule has 0 unspecified atom stereocenters. The predicted molar refractivity (Wildman–Crippen MR) is 165 cm³/mol. The molecule has 1 heterocycles. The van der Waals surface area contributed by atoms with Gasteiger partial charge in [-0.2, -0.15) is 0 Å². The molecule has 4 aromatic carbocycles. The minimum Gasteiger partial charge on any atom is -0.493 e. The maximum atomic E-state index is 13.0. The molecule has 1 aliphatic rings. The van der Waals surface area contributed by atoms with Crippen LogP contribution in [0, 0.1) is 10.1 Å². The van der Waals surface area contributed by atoms with Crippen LogP contribution in [0.3, 0.4) is 0 Å². The Morgan fingerprint density at radius 2 is 1.70 bits per heavy atom. The third kappa shape index (κ3) is 6.85. The second-order valence-electron chi connectivity index (χ2n) is 9.40. The fraction of sp³-hybridized carbons (Fsp3) is 0.0968. The summed E-state index contributed by atoms with van der Waals surface area (Å²) in [5.41, 5.74) is 1.17. The largest absolute Gasteiger partial charge is 0.493 e. The number of nitro groups is 1. The summed E-state index contributed by atoms with van der Waals surface area (Å²) >= 11 is 0.714. The SMILES string of the molecule is COc1cc(/C=C2\SC(=O)N(CC(=O)Nc3cccc4ccccc34)C2=O)ccc1OCC(=O)Nc1cccc([N+](=O)[O-])c1. The summed E-state index contributed by atoms with van der Waals surface area (Å²) in [5.74, 6) is -1.17. The van der Waals surface area contributed by atoms with E-state index in [-0.39, 0.29) is 27.8 Å². The number of carbonyl (C=O) groups is 4. The Labute approximate surface area is 254 Å². The Kier molecular flexibility index (Phi) is 8.86. The Morgan fingerprint density at radius 3 is 2.50 bits per heavy atom. The standard InChI is InChI=1S/C31H24N4O8S/c1-42-26-14-19(12-13-25(26)43-18-29(37)32-21-8-5-9-22(16-21)35(40)41)15-27-30(38)34(31(39)44-27)17-28(36)33-24-11-4-7-20-6-2-3-10-23(20)24/h2-16H,17-18H2,1H3,(H,32,37)(H,33,36)/b27-15-. The summed E-state index contributed by atoms with van der Waals surface area (Å²) in [4.78, 5) is 62.1. The molecule has 4 amide bonds. The second kappa shape index (κ2) is 13.1. The van der Waals surface area contributed by atoms with E-state index < -0.39 is 41.0 Å². The van der Waals surface area contributed by atoms with Crippen molar-refractivity contribution in [3.63, 3.8) is 0 Å². The second-order valence-corrected chi connectivity index (χ2v) is 10.4. The van der Waals surface area contributed by atoms with Crippen LogP contribution in [0.25, 0.3) is 16.8 Å². The number of benzene rings is 4. The van der Waals surface area contributed by atoms with Crippen molar-refractivity contribution in [1.82, 2.24) is 4.90 Å². The molecular formula is C31H24N4O8S. The molecule has 12 nitrogen and oxygen atoms in total. The number of hydrogen-bond acceptors (Lipinski definition) is 9. The van der Waals surface area contributed by atoms with Crippen LogP contribution in [-0.2, 0) is 14.4 Å². The van der Waals surface area contributed by atoms with Gasteiger partial charge in [0.1, 0.15) is 6.54 Å². The van der Waals surface area contributed by atoms with Crippen molar-refractivity contribution >= 4 is 68.6 Å². The van der Waals surface area contributed by atoms with Crippen LogP contribution >= 0.6 is 11.8 Å². The van der Waals surface area contributed by atoms with E-state index in [0.29, 0.717) is 23.0 Å². The van der Waals surface area contributed by atoms with E-state index >= 15 is 0 Å². The Balaban J connectivity index is 1.21. The summed E-state index contributed by atoms with van der Waals surface area (Å²) in [7, 11) is 1.40. The minimum atomic E-state index is -0.606. The highest BCUT2D eigenvalue weighted by molar-refractivity contribution is 8.18. The van der Waals surface area contributed by atoms with E-state index in [0.717, 1.165) is 15.7 Å². The minimum absolute atomic E-state index is 0.125. The number of nitrogens with one attached hydrogen (secondary N) is 2. The fourth-order valence-corrected chi connectivity index (χ4v) is 5.22. The topological polar surface area (TPSA) is 157 Å². The van der Waals surface area contributed by atoms with E-state index in [4.69, 9.17) is 9.47 Å². The molecule has 44 heavy (non-hydrogen) atoms. The van der Waals surface area contributed by atoms with Gasteiger partial charge in [0.05, 0.1) is 16.9 Å². The molecule has 0 spiro atoms. The average Bonchev–Trinajstić information content (AvgIpc) is 3.27. The highest BCUT2D eigenvalue weighted by Crippen LogP contribution is 2.35. The smallest absolute Gasteiger partial charge is 0.294 e. The molecule has 0 radical (unpaired) electrons. The van der Waals surface area contributed by atoms with Crippen molar-refractivity contribution in [2.24, 2.45) is 0 Å². The molecule has 2 N–H and O–H groups in total. The molecule has 0 atom stereocenters. The van der Waals surface area contributed by atoms with Crippen LogP contribution in [0.15, 0.2) is 89.8 Å².